The van der Waals surface area contributed by atoms with Crippen LogP contribution in [-0.2, 0) is 32.7 Å². The molecule has 9 nitrogen and oxygen atoms in total. The Morgan fingerprint density at radius 3 is 1.49 bits per heavy atom. The number of ether oxygens (including phenoxy) is 2. The summed E-state index contributed by atoms with van der Waals surface area (Å²) in [4.78, 5) is 37.6. The molecular weight excluding hydrogens is 737 g/mol. The molecule has 0 aliphatic rings. The normalized spacial score (nSPS) is 14.0. The van der Waals surface area contributed by atoms with Gasteiger partial charge in [-0.1, -0.05) is 191 Å². The standard InChI is InChI=1S/C47H86NO8P/c1-6-8-10-12-14-16-18-20-22-23-24-26-27-29-31-33-35-37-39-46(49)53-43-45(44-55-57(51,52)54-42-41-48(3,4)5)56-47(50)40-38-36-34-32-30-28-25-21-19-17-15-13-11-9-7-2/h9,11,13,15,17,19,21,25,45H,6-8,10,12,14,16,18,20,22-24,26-44H2,1-5H3/b11-9+,15-13+,19-17+,25-21+/t45-/m1/s1. The number of allylic oxidation sites excluding steroid dienone is 8. The summed E-state index contributed by atoms with van der Waals surface area (Å²) in [6.45, 7) is 4.07. The highest BCUT2D eigenvalue weighted by Crippen LogP contribution is 2.38. The number of esters is 2. The van der Waals surface area contributed by atoms with Crippen LogP contribution in [0.15, 0.2) is 48.6 Å². The van der Waals surface area contributed by atoms with Gasteiger partial charge in [-0.3, -0.25) is 14.2 Å². The summed E-state index contributed by atoms with van der Waals surface area (Å²) < 4.78 is 33.9. The van der Waals surface area contributed by atoms with Gasteiger partial charge in [0.1, 0.15) is 19.8 Å². The lowest BCUT2D eigenvalue weighted by Crippen LogP contribution is -2.37. The van der Waals surface area contributed by atoms with Crippen molar-refractivity contribution in [2.45, 2.75) is 193 Å². The number of likely N-dealkylation sites (N-methyl/N-ethyl adjacent to an activating group) is 1. The van der Waals surface area contributed by atoms with Crippen molar-refractivity contribution < 1.29 is 42.1 Å². The van der Waals surface area contributed by atoms with E-state index in [0.29, 0.717) is 17.4 Å². The summed E-state index contributed by atoms with van der Waals surface area (Å²) in [6, 6.07) is 0. The molecule has 0 aromatic rings. The molecular formula is C47H86NO8P. The van der Waals surface area contributed by atoms with E-state index >= 15 is 0 Å². The van der Waals surface area contributed by atoms with E-state index in [1.807, 2.05) is 51.5 Å². The summed E-state index contributed by atoms with van der Waals surface area (Å²) >= 11 is 0. The Kier molecular flexibility index (Phi) is 38.0. The predicted octanol–water partition coefficient (Wildman–Crippen LogP) is 12.4. The number of phosphoric ester groups is 1. The lowest BCUT2D eigenvalue weighted by atomic mass is 10.0. The van der Waals surface area contributed by atoms with Crippen LogP contribution < -0.4 is 4.89 Å². The van der Waals surface area contributed by atoms with E-state index in [1.165, 1.54) is 96.3 Å². The monoisotopic (exact) mass is 824 g/mol. The maximum absolute atomic E-state index is 12.7. The quantitative estimate of drug-likeness (QED) is 0.0197. The molecule has 332 valence electrons. The Morgan fingerprint density at radius 2 is 1.00 bits per heavy atom. The van der Waals surface area contributed by atoms with Crippen molar-refractivity contribution in [1.29, 1.82) is 0 Å². The Labute approximate surface area is 350 Å². The largest absolute Gasteiger partial charge is 0.756 e. The Hall–Kier alpha value is -2.03. The summed E-state index contributed by atoms with van der Waals surface area (Å²) in [5.74, 6) is -0.858. The SMILES string of the molecule is CC/C=C/C=C/C=C/C=C/CCCCCCCC(=O)O[C@H](COC(=O)CCCCCCCCCCCCCCCCCCCC)COP(=O)([O-])OCC[N+](C)(C)C. The molecule has 0 fully saturated rings. The second-order valence-corrected chi connectivity index (χ2v) is 17.9. The summed E-state index contributed by atoms with van der Waals surface area (Å²) in [5, 5.41) is 0. The summed E-state index contributed by atoms with van der Waals surface area (Å²) in [5.41, 5.74) is 0. The smallest absolute Gasteiger partial charge is 0.306 e. The van der Waals surface area contributed by atoms with E-state index in [-0.39, 0.29) is 32.0 Å². The molecule has 0 aromatic heterocycles. The average Bonchev–Trinajstić information content (AvgIpc) is 3.16. The maximum Gasteiger partial charge on any atom is 0.306 e. The molecule has 0 aliphatic carbocycles. The fourth-order valence-electron chi connectivity index (χ4n) is 6.14. The lowest BCUT2D eigenvalue weighted by Gasteiger charge is -2.28. The summed E-state index contributed by atoms with van der Waals surface area (Å²) in [6.07, 6.45) is 45.6. The number of rotatable bonds is 41. The molecule has 57 heavy (non-hydrogen) atoms. The molecule has 0 saturated carbocycles. The zero-order valence-corrected chi connectivity index (χ0v) is 38.2. The highest BCUT2D eigenvalue weighted by molar-refractivity contribution is 7.45. The van der Waals surface area contributed by atoms with Gasteiger partial charge in [0.2, 0.25) is 0 Å². The van der Waals surface area contributed by atoms with Gasteiger partial charge in [-0.2, -0.15) is 0 Å². The Morgan fingerprint density at radius 1 is 0.561 bits per heavy atom. The fraction of sp³-hybridized carbons (Fsp3) is 0.787. The number of carbonyl (C=O) groups is 2. The van der Waals surface area contributed by atoms with Crippen molar-refractivity contribution in [3.63, 3.8) is 0 Å². The summed E-state index contributed by atoms with van der Waals surface area (Å²) in [7, 11) is 1.15. The van der Waals surface area contributed by atoms with Gasteiger partial charge in [-0.05, 0) is 32.1 Å². The molecule has 0 aliphatic heterocycles. The van der Waals surface area contributed by atoms with Gasteiger partial charge >= 0.3 is 11.9 Å². The molecule has 0 amide bonds. The molecule has 0 bridgehead atoms. The number of phosphoric acid groups is 1. The van der Waals surface area contributed by atoms with Gasteiger partial charge in [-0.25, -0.2) is 0 Å². The molecule has 0 aromatic carbocycles. The number of unbranched alkanes of at least 4 members (excludes halogenated alkanes) is 22. The maximum atomic E-state index is 12.7. The van der Waals surface area contributed by atoms with Crippen LogP contribution in [0.4, 0.5) is 0 Å². The third-order valence-electron chi connectivity index (χ3n) is 9.71. The molecule has 2 atom stereocenters. The van der Waals surface area contributed by atoms with Crippen LogP contribution in [0.3, 0.4) is 0 Å². The van der Waals surface area contributed by atoms with Crippen LogP contribution >= 0.6 is 7.82 Å². The predicted molar refractivity (Wildman–Crippen MR) is 236 cm³/mol. The molecule has 0 N–H and O–H groups in total. The number of carbonyl (C=O) groups excluding carboxylic acids is 2. The number of quaternary nitrogens is 1. The third kappa shape index (κ3) is 43.4. The molecule has 0 radical (unpaired) electrons. The zero-order chi connectivity index (χ0) is 42.1. The highest BCUT2D eigenvalue weighted by Gasteiger charge is 2.21. The molecule has 0 spiro atoms. The zero-order valence-electron chi connectivity index (χ0n) is 37.3. The van der Waals surface area contributed by atoms with Crippen LogP contribution in [0, 0.1) is 0 Å². The van der Waals surface area contributed by atoms with E-state index in [0.717, 1.165) is 57.8 Å². The van der Waals surface area contributed by atoms with Gasteiger partial charge in [0.05, 0.1) is 27.7 Å². The molecule has 0 rings (SSSR count). The second kappa shape index (κ2) is 39.4. The lowest BCUT2D eigenvalue weighted by molar-refractivity contribution is -0.870. The van der Waals surface area contributed by atoms with E-state index in [2.05, 4.69) is 32.1 Å². The van der Waals surface area contributed by atoms with Crippen molar-refractivity contribution >= 4 is 19.8 Å². The topological polar surface area (TPSA) is 111 Å². The minimum Gasteiger partial charge on any atom is -0.756 e. The van der Waals surface area contributed by atoms with E-state index in [9.17, 15) is 19.0 Å². The fourth-order valence-corrected chi connectivity index (χ4v) is 6.86. The van der Waals surface area contributed by atoms with Gasteiger partial charge in [0.15, 0.2) is 6.10 Å². The number of nitrogens with zero attached hydrogens (tertiary/aromatic N) is 1. The molecule has 1 unspecified atom stereocenters. The van der Waals surface area contributed by atoms with Gasteiger partial charge < -0.3 is 27.9 Å². The van der Waals surface area contributed by atoms with Crippen molar-refractivity contribution in [2.75, 3.05) is 47.5 Å². The van der Waals surface area contributed by atoms with E-state index in [4.69, 9.17) is 18.5 Å². The van der Waals surface area contributed by atoms with Crippen molar-refractivity contribution in [2.24, 2.45) is 0 Å². The van der Waals surface area contributed by atoms with Gasteiger partial charge in [0.25, 0.3) is 7.82 Å². The van der Waals surface area contributed by atoms with Crippen LogP contribution in [0.5, 0.6) is 0 Å². The van der Waals surface area contributed by atoms with Crippen molar-refractivity contribution in [3.8, 4) is 0 Å². The minimum absolute atomic E-state index is 0.0365. The van der Waals surface area contributed by atoms with Crippen LogP contribution in [0.1, 0.15) is 187 Å². The second-order valence-electron chi connectivity index (χ2n) is 16.5. The first kappa shape index (κ1) is 55.0. The van der Waals surface area contributed by atoms with Gasteiger partial charge in [0, 0.05) is 12.8 Å². The number of hydrogen-bond donors (Lipinski definition) is 0. The molecule has 0 saturated heterocycles. The van der Waals surface area contributed by atoms with Gasteiger partial charge in [-0.15, -0.1) is 0 Å². The average molecular weight is 824 g/mol. The van der Waals surface area contributed by atoms with E-state index < -0.39 is 26.5 Å². The van der Waals surface area contributed by atoms with Crippen LogP contribution in [0.2, 0.25) is 0 Å². The first-order chi connectivity index (χ1) is 27.5. The number of hydrogen-bond acceptors (Lipinski definition) is 8. The van der Waals surface area contributed by atoms with Crippen LogP contribution in [0.25, 0.3) is 0 Å². The molecule has 0 heterocycles. The first-order valence-corrected chi connectivity index (χ1v) is 24.4. The van der Waals surface area contributed by atoms with Crippen molar-refractivity contribution in [3.05, 3.63) is 48.6 Å². The Balaban J connectivity index is 4.33. The van der Waals surface area contributed by atoms with E-state index in [1.54, 1.807) is 0 Å². The Bertz CT molecular complexity index is 1110. The first-order valence-electron chi connectivity index (χ1n) is 22.9. The van der Waals surface area contributed by atoms with Crippen LogP contribution in [-0.4, -0.2) is 70.0 Å². The van der Waals surface area contributed by atoms with Crippen molar-refractivity contribution in [1.82, 2.24) is 0 Å². The molecule has 10 heteroatoms. The highest BCUT2D eigenvalue weighted by atomic mass is 31.2. The third-order valence-corrected chi connectivity index (χ3v) is 10.7. The minimum atomic E-state index is -4.63.